The van der Waals surface area contributed by atoms with E-state index in [9.17, 15) is 13.2 Å². The Morgan fingerprint density at radius 3 is 2.18 bits per heavy atom. The predicted octanol–water partition coefficient (Wildman–Crippen LogP) is 4.70. The van der Waals surface area contributed by atoms with E-state index in [2.05, 4.69) is 22.9 Å². The van der Waals surface area contributed by atoms with Crippen LogP contribution in [0.1, 0.15) is 28.4 Å². The van der Waals surface area contributed by atoms with Crippen LogP contribution in [-0.2, 0) is 26.3 Å². The first-order valence-corrected chi connectivity index (χ1v) is 13.1. The first-order valence-electron chi connectivity index (χ1n) is 10.4. The van der Waals surface area contributed by atoms with Crippen LogP contribution in [-0.4, -0.2) is 28.5 Å². The van der Waals surface area contributed by atoms with Crippen molar-refractivity contribution < 1.29 is 22.7 Å². The Kier molecular flexibility index (Phi) is 6.95. The van der Waals surface area contributed by atoms with Gasteiger partial charge >= 0.3 is 0 Å². The van der Waals surface area contributed by atoms with E-state index in [-0.39, 0.29) is 6.42 Å². The molecule has 3 aromatic carbocycles. The number of methoxy groups -OCH3 is 2. The van der Waals surface area contributed by atoms with E-state index in [1.165, 1.54) is 0 Å². The van der Waals surface area contributed by atoms with Gasteiger partial charge in [0.2, 0.25) is 15.9 Å². The normalized spacial score (nSPS) is 16.9. The van der Waals surface area contributed by atoms with Crippen LogP contribution in [0.25, 0.3) is 11.1 Å². The van der Waals surface area contributed by atoms with Crippen molar-refractivity contribution in [2.24, 2.45) is 0 Å². The fourth-order valence-electron chi connectivity index (χ4n) is 3.80. The molecule has 6 nitrogen and oxygen atoms in total. The lowest BCUT2D eigenvalue weighted by Gasteiger charge is -2.12. The molecular weight excluding hydrogens is 458 g/mol. The summed E-state index contributed by atoms with van der Waals surface area (Å²) in [5.74, 6) is 2.79. The molecule has 1 unspecified atom stereocenters. The van der Waals surface area contributed by atoms with Crippen molar-refractivity contribution in [2.75, 3.05) is 14.2 Å². The van der Waals surface area contributed by atoms with Crippen molar-refractivity contribution in [3.63, 3.8) is 0 Å². The topological polar surface area (TPSA) is 81.7 Å². The second kappa shape index (κ2) is 9.89. The summed E-state index contributed by atoms with van der Waals surface area (Å²) >= 11 is 1.77. The molecule has 0 radical (unpaired) electrons. The molecule has 1 atom stereocenters. The van der Waals surface area contributed by atoms with Gasteiger partial charge in [-0.2, -0.15) is 11.8 Å². The van der Waals surface area contributed by atoms with Crippen LogP contribution < -0.4 is 14.2 Å². The zero-order chi connectivity index (χ0) is 23.4. The average Bonchev–Trinajstić information content (AvgIpc) is 3.11. The van der Waals surface area contributed by atoms with E-state index in [0.717, 1.165) is 45.3 Å². The molecule has 4 rings (SSSR count). The van der Waals surface area contributed by atoms with Crippen molar-refractivity contribution in [3.8, 4) is 22.6 Å². The van der Waals surface area contributed by atoms with Crippen LogP contribution >= 0.6 is 11.8 Å². The number of rotatable bonds is 8. The molecule has 1 aliphatic rings. The van der Waals surface area contributed by atoms with E-state index in [0.29, 0.717) is 5.56 Å². The Bertz CT molecular complexity index is 1240. The Labute approximate surface area is 198 Å². The number of ether oxygens (including phenoxy) is 2. The summed E-state index contributed by atoms with van der Waals surface area (Å²) in [7, 11) is -0.288. The third kappa shape index (κ3) is 5.34. The first kappa shape index (κ1) is 23.2. The van der Waals surface area contributed by atoms with Gasteiger partial charge in [-0.1, -0.05) is 48.5 Å². The zero-order valence-electron chi connectivity index (χ0n) is 18.4. The van der Waals surface area contributed by atoms with Crippen molar-refractivity contribution in [1.82, 2.24) is 4.72 Å². The quantitative estimate of drug-likeness (QED) is 0.500. The highest BCUT2D eigenvalue weighted by Crippen LogP contribution is 2.34. The number of carbonyl (C=O) groups is 1. The van der Waals surface area contributed by atoms with Gasteiger partial charge in [0.15, 0.2) is 0 Å². The highest BCUT2D eigenvalue weighted by molar-refractivity contribution is 7.97. The summed E-state index contributed by atoms with van der Waals surface area (Å²) in [6.45, 7) is 0. The molecule has 0 bridgehead atoms. The molecule has 0 aromatic heterocycles. The van der Waals surface area contributed by atoms with Gasteiger partial charge in [0.25, 0.3) is 0 Å². The minimum Gasteiger partial charge on any atom is -0.497 e. The van der Waals surface area contributed by atoms with Gasteiger partial charge < -0.3 is 9.47 Å². The summed E-state index contributed by atoms with van der Waals surface area (Å²) in [5.41, 5.74) is 4.99. The SMILES string of the molecule is COc1ccc(-c2ccc(CSCc3ccc(C4CC(=O)NS4(=O)=O)cc3)cc2OC)cc1. The van der Waals surface area contributed by atoms with E-state index >= 15 is 0 Å². The number of hydrogen-bond donors (Lipinski definition) is 1. The van der Waals surface area contributed by atoms with Gasteiger partial charge in [0, 0.05) is 17.1 Å². The number of carbonyl (C=O) groups excluding carboxylic acids is 1. The van der Waals surface area contributed by atoms with Crippen molar-refractivity contribution in [1.29, 1.82) is 0 Å². The number of hydrogen-bond acceptors (Lipinski definition) is 6. The van der Waals surface area contributed by atoms with Crippen LogP contribution in [0.4, 0.5) is 0 Å². The number of thioether (sulfide) groups is 1. The average molecular weight is 484 g/mol. The Hall–Kier alpha value is -2.97. The fourth-order valence-corrected chi connectivity index (χ4v) is 6.17. The van der Waals surface area contributed by atoms with Crippen molar-refractivity contribution in [2.45, 2.75) is 23.2 Å². The molecule has 1 amide bonds. The molecule has 0 saturated carbocycles. The predicted molar refractivity (Wildman–Crippen MR) is 131 cm³/mol. The summed E-state index contributed by atoms with van der Waals surface area (Å²) in [4.78, 5) is 11.5. The van der Waals surface area contributed by atoms with Crippen LogP contribution in [0.2, 0.25) is 0 Å². The van der Waals surface area contributed by atoms with Gasteiger partial charge in [-0.25, -0.2) is 8.42 Å². The van der Waals surface area contributed by atoms with Crippen LogP contribution in [0, 0.1) is 0 Å². The molecule has 1 saturated heterocycles. The van der Waals surface area contributed by atoms with Crippen molar-refractivity contribution >= 4 is 27.7 Å². The molecule has 0 spiro atoms. The molecule has 33 heavy (non-hydrogen) atoms. The second-order valence-corrected chi connectivity index (χ2v) is 10.6. The van der Waals surface area contributed by atoms with E-state index in [1.807, 2.05) is 36.4 Å². The molecule has 1 heterocycles. The molecule has 8 heteroatoms. The number of sulfonamides is 1. The number of amides is 1. The van der Waals surface area contributed by atoms with Gasteiger partial charge in [0.1, 0.15) is 16.7 Å². The van der Waals surface area contributed by atoms with Gasteiger partial charge in [0.05, 0.1) is 20.6 Å². The van der Waals surface area contributed by atoms with E-state index in [4.69, 9.17) is 9.47 Å². The standard InChI is InChI=1S/C25H25NO5S2/c1-30-21-10-8-19(9-11-21)22-12-5-18(13-23(22)31-2)16-32-15-17-3-6-20(7-4-17)24-14-25(27)26-33(24,28)29/h3-13,24H,14-16H2,1-2H3,(H,26,27). The first-order chi connectivity index (χ1) is 15.9. The Balaban J connectivity index is 1.38. The minimum absolute atomic E-state index is 0.0230. The summed E-state index contributed by atoms with van der Waals surface area (Å²) in [6.07, 6.45) is -0.0230. The number of nitrogens with one attached hydrogen (secondary N) is 1. The zero-order valence-corrected chi connectivity index (χ0v) is 20.0. The van der Waals surface area contributed by atoms with Crippen molar-refractivity contribution in [3.05, 3.63) is 83.4 Å². The highest BCUT2D eigenvalue weighted by atomic mass is 32.2. The number of benzene rings is 3. The van der Waals surface area contributed by atoms with Gasteiger partial charge in [-0.3, -0.25) is 9.52 Å². The maximum absolute atomic E-state index is 12.0. The summed E-state index contributed by atoms with van der Waals surface area (Å²) < 4.78 is 37.0. The van der Waals surface area contributed by atoms with E-state index < -0.39 is 21.2 Å². The summed E-state index contributed by atoms with van der Waals surface area (Å²) in [5, 5.41) is -0.802. The molecule has 172 valence electrons. The molecular formula is C25H25NO5S2. The van der Waals surface area contributed by atoms with Crippen LogP contribution in [0.15, 0.2) is 66.7 Å². The highest BCUT2D eigenvalue weighted by Gasteiger charge is 2.37. The van der Waals surface area contributed by atoms with Gasteiger partial charge in [-0.15, -0.1) is 0 Å². The smallest absolute Gasteiger partial charge is 0.242 e. The monoisotopic (exact) mass is 483 g/mol. The lowest BCUT2D eigenvalue weighted by molar-refractivity contribution is -0.118. The molecule has 0 aliphatic carbocycles. The minimum atomic E-state index is -3.61. The Morgan fingerprint density at radius 1 is 0.909 bits per heavy atom. The Morgan fingerprint density at radius 2 is 1.58 bits per heavy atom. The van der Waals surface area contributed by atoms with Gasteiger partial charge in [-0.05, 0) is 40.5 Å². The summed E-state index contributed by atoms with van der Waals surface area (Å²) in [6, 6.07) is 21.6. The molecule has 1 fully saturated rings. The maximum Gasteiger partial charge on any atom is 0.242 e. The second-order valence-electron chi connectivity index (χ2n) is 7.76. The lowest BCUT2D eigenvalue weighted by atomic mass is 10.0. The fraction of sp³-hybridized carbons (Fsp3) is 0.240. The van der Waals surface area contributed by atoms with E-state index in [1.54, 1.807) is 38.1 Å². The molecule has 3 aromatic rings. The van der Waals surface area contributed by atoms with Crippen LogP contribution in [0.3, 0.4) is 0 Å². The third-order valence-corrected chi connectivity index (χ3v) is 8.33. The van der Waals surface area contributed by atoms with Crippen LogP contribution in [0.5, 0.6) is 11.5 Å². The maximum atomic E-state index is 12.0. The largest absolute Gasteiger partial charge is 0.497 e. The lowest BCUT2D eigenvalue weighted by Crippen LogP contribution is -2.21. The third-order valence-electron chi connectivity index (χ3n) is 5.56. The molecule has 1 aliphatic heterocycles. The molecule has 1 N–H and O–H groups in total.